The number of carbonyl (C=O) groups excluding carboxylic acids is 2. The van der Waals surface area contributed by atoms with E-state index in [0.717, 1.165) is 49.7 Å². The van der Waals surface area contributed by atoms with Crippen molar-refractivity contribution in [3.05, 3.63) is 84.2 Å². The van der Waals surface area contributed by atoms with Gasteiger partial charge in [-0.25, -0.2) is 28.7 Å². The second-order valence-electron chi connectivity index (χ2n) is 18.2. The smallest absolute Gasteiger partial charge is 0.257 e. The highest BCUT2D eigenvalue weighted by molar-refractivity contribution is 6.02. The van der Waals surface area contributed by atoms with E-state index in [1.165, 1.54) is 36.9 Å². The van der Waals surface area contributed by atoms with Crippen LogP contribution in [0.3, 0.4) is 0 Å². The quantitative estimate of drug-likeness (QED) is 0.105. The maximum absolute atomic E-state index is 14.3. The lowest BCUT2D eigenvalue weighted by atomic mass is 9.89. The maximum atomic E-state index is 14.3. The molecule has 4 atom stereocenters. The van der Waals surface area contributed by atoms with Crippen molar-refractivity contribution in [2.24, 2.45) is 0 Å². The molecule has 4 aliphatic rings. The molecule has 2 aliphatic carbocycles. The molecule has 6 N–H and O–H groups in total. The number of halogens is 2. The number of hydrogen-bond acceptors (Lipinski definition) is 14. The third-order valence-corrected chi connectivity index (χ3v) is 14.0. The molecule has 70 heavy (non-hydrogen) atoms. The highest BCUT2D eigenvalue weighted by Crippen LogP contribution is 2.37. The number of nitrogens with zero attached hydrogens (tertiary/aromatic N) is 10. The number of ether oxygens (including phenoxy) is 2. The third kappa shape index (κ3) is 8.22. The van der Waals surface area contributed by atoms with E-state index in [9.17, 15) is 28.6 Å². The zero-order valence-corrected chi connectivity index (χ0v) is 38.5. The van der Waals surface area contributed by atoms with Crippen molar-refractivity contribution in [3.63, 3.8) is 0 Å². The first-order valence-electron chi connectivity index (χ1n) is 23.7. The van der Waals surface area contributed by atoms with E-state index in [-0.39, 0.29) is 36.0 Å². The number of amides is 2. The van der Waals surface area contributed by atoms with Crippen molar-refractivity contribution in [3.8, 4) is 22.5 Å². The summed E-state index contributed by atoms with van der Waals surface area (Å²) < 4.78 is 46.9. The first-order chi connectivity index (χ1) is 34.1. The van der Waals surface area contributed by atoms with Gasteiger partial charge in [0.1, 0.15) is 45.7 Å². The Kier molecular flexibility index (Phi) is 12.1. The molecular weight excluding hydrogens is 907 g/mol. The molecule has 2 saturated heterocycles. The molecule has 2 aliphatic heterocycles. The Balaban J connectivity index is 0.000000152. The van der Waals surface area contributed by atoms with Crippen LogP contribution < -0.4 is 21.3 Å². The molecule has 10 heterocycles. The fourth-order valence-electron chi connectivity index (χ4n) is 9.78. The van der Waals surface area contributed by atoms with Crippen molar-refractivity contribution in [1.82, 2.24) is 58.9 Å². The summed E-state index contributed by atoms with van der Waals surface area (Å²) in [5, 5.41) is 41.7. The zero-order valence-electron chi connectivity index (χ0n) is 38.5. The van der Waals surface area contributed by atoms with Crippen LogP contribution in [-0.2, 0) is 9.47 Å². The van der Waals surface area contributed by atoms with Crippen LogP contribution in [0, 0.1) is 11.6 Å². The molecule has 2 saturated carbocycles. The van der Waals surface area contributed by atoms with Crippen LogP contribution in [0.25, 0.3) is 55.9 Å². The summed E-state index contributed by atoms with van der Waals surface area (Å²) in [5.41, 5.74) is 5.31. The molecule has 0 spiro atoms. The van der Waals surface area contributed by atoms with Gasteiger partial charge in [0.15, 0.2) is 11.3 Å². The summed E-state index contributed by atoms with van der Waals surface area (Å²) in [4.78, 5) is 44.3. The number of aliphatic hydroxyl groups excluding tert-OH is 2. The molecule has 0 bridgehead atoms. The maximum Gasteiger partial charge on any atom is 0.257 e. The number of anilines is 2. The van der Waals surface area contributed by atoms with Crippen molar-refractivity contribution >= 4 is 56.8 Å². The van der Waals surface area contributed by atoms with E-state index in [0.29, 0.717) is 107 Å². The van der Waals surface area contributed by atoms with Gasteiger partial charge in [-0.05, 0) is 63.5 Å². The van der Waals surface area contributed by atoms with Gasteiger partial charge in [0.25, 0.3) is 11.8 Å². The summed E-state index contributed by atoms with van der Waals surface area (Å²) in [5.74, 6) is -0.280. The van der Waals surface area contributed by atoms with Gasteiger partial charge in [0.2, 0.25) is 0 Å². The van der Waals surface area contributed by atoms with E-state index >= 15 is 0 Å². The number of fused-ring (bicyclic) bond motifs is 4. The highest BCUT2D eigenvalue weighted by atomic mass is 19.1. The number of aliphatic hydroxyl groups is 2. The third-order valence-electron chi connectivity index (χ3n) is 14.0. The van der Waals surface area contributed by atoms with E-state index in [2.05, 4.69) is 50.6 Å². The van der Waals surface area contributed by atoms with Crippen LogP contribution in [0.2, 0.25) is 0 Å². The van der Waals surface area contributed by atoms with E-state index in [1.807, 2.05) is 24.5 Å². The lowest BCUT2D eigenvalue weighted by molar-refractivity contribution is 0.0448. The van der Waals surface area contributed by atoms with Crippen LogP contribution in [0.5, 0.6) is 0 Å². The second-order valence-corrected chi connectivity index (χ2v) is 18.2. The summed E-state index contributed by atoms with van der Waals surface area (Å²) >= 11 is 0. The average molecular weight is 959 g/mol. The molecule has 2 amide bonds. The Morgan fingerprint density at radius 1 is 0.586 bits per heavy atom. The first-order valence-corrected chi connectivity index (χ1v) is 23.7. The van der Waals surface area contributed by atoms with E-state index in [4.69, 9.17) is 19.4 Å². The van der Waals surface area contributed by atoms with Crippen molar-refractivity contribution in [2.45, 2.75) is 87.7 Å². The number of aromatic nitrogens is 10. The molecule has 20 nitrogen and oxygen atoms in total. The summed E-state index contributed by atoms with van der Waals surface area (Å²) in [6.45, 7) is 2.66. The Labute approximate surface area is 398 Å². The molecule has 0 unspecified atom stereocenters. The monoisotopic (exact) mass is 958 g/mol. The largest absolute Gasteiger partial charge is 0.391 e. The van der Waals surface area contributed by atoms with Crippen LogP contribution >= 0.6 is 0 Å². The van der Waals surface area contributed by atoms with Crippen LogP contribution in [0.1, 0.15) is 84.2 Å². The molecule has 0 radical (unpaired) electrons. The molecule has 22 heteroatoms. The fourth-order valence-corrected chi connectivity index (χ4v) is 9.78. The van der Waals surface area contributed by atoms with Gasteiger partial charge in [-0.1, -0.05) is 0 Å². The minimum atomic E-state index is -0.532. The number of carbonyl (C=O) groups is 2. The van der Waals surface area contributed by atoms with Crippen molar-refractivity contribution in [2.75, 3.05) is 51.2 Å². The number of nitrogens with one attached hydrogen (secondary N) is 4. The zero-order chi connectivity index (χ0) is 48.2. The summed E-state index contributed by atoms with van der Waals surface area (Å²) in [7, 11) is 3.52. The van der Waals surface area contributed by atoms with Gasteiger partial charge in [0.05, 0.1) is 60.5 Å². The number of pyridine rings is 2. The fraction of sp³-hybridized carbons (Fsp3) is 0.417. The predicted molar refractivity (Wildman–Crippen MR) is 254 cm³/mol. The lowest BCUT2D eigenvalue weighted by Crippen LogP contribution is -2.50. The molecule has 4 fully saturated rings. The molecule has 12 rings (SSSR count). The Morgan fingerprint density at radius 2 is 1.00 bits per heavy atom. The minimum Gasteiger partial charge on any atom is -0.391 e. The van der Waals surface area contributed by atoms with Crippen LogP contribution in [0.15, 0.2) is 61.4 Å². The standard InChI is InChI=1S/2C24H26FN7O3/c2*1-26-21-9-19(29-23-16(11-28-32(21)23)24(34)30-18-2-3-20(18)33)17-12-31(14-4-6-35-7-5-14)22-15(17)8-13(25)10-27-22/h2*8-12,14,18,20,26,33H,2-7H2,1H3,(H,30,34)/t2*18-,20-/m10/s1. The Bertz CT molecular complexity index is 3070. The van der Waals surface area contributed by atoms with Gasteiger partial charge in [0, 0.05) is 99.0 Å². The number of hydrogen-bond donors (Lipinski definition) is 6. The Hall–Kier alpha value is -7.14. The lowest BCUT2D eigenvalue weighted by Gasteiger charge is -2.32. The van der Waals surface area contributed by atoms with Crippen LogP contribution in [-0.4, -0.2) is 135 Å². The minimum absolute atomic E-state index is 0.190. The van der Waals surface area contributed by atoms with Crippen molar-refractivity contribution < 1.29 is 38.1 Å². The van der Waals surface area contributed by atoms with E-state index in [1.54, 1.807) is 23.1 Å². The van der Waals surface area contributed by atoms with Gasteiger partial charge >= 0.3 is 0 Å². The average Bonchev–Trinajstić information content (AvgIpc) is 4.19. The molecule has 8 aromatic rings. The topological polar surface area (TPSA) is 237 Å². The summed E-state index contributed by atoms with van der Waals surface area (Å²) in [6, 6.07) is 6.44. The van der Waals surface area contributed by atoms with Gasteiger partial charge in [-0.2, -0.15) is 19.2 Å². The Morgan fingerprint density at radius 3 is 1.36 bits per heavy atom. The normalized spacial score (nSPS) is 20.8. The molecule has 8 aromatic heterocycles. The molecular formula is C48H52F2N14O6. The van der Waals surface area contributed by atoms with Gasteiger partial charge in [-0.3, -0.25) is 9.59 Å². The SMILES string of the molecule is CNc1cc(-c2cn(C3CCOCC3)c3ncc(F)cc23)nc2c(C(=O)N[C@@H]3CC[C@H]3O)cnn12.CNc1cc(-c2cn(C3CCOCC3)c3ncc(F)cc23)nc2c(C(=O)N[C@H]3CC[C@@H]3O)cnn12. The van der Waals surface area contributed by atoms with Gasteiger partial charge in [-0.15, -0.1) is 0 Å². The molecule has 0 aromatic carbocycles. The predicted octanol–water partition coefficient (Wildman–Crippen LogP) is 5.06. The van der Waals surface area contributed by atoms with Crippen molar-refractivity contribution in [1.29, 1.82) is 0 Å². The number of rotatable bonds is 10. The highest BCUT2D eigenvalue weighted by Gasteiger charge is 2.33. The molecule has 364 valence electrons. The van der Waals surface area contributed by atoms with Crippen LogP contribution in [0.4, 0.5) is 20.4 Å². The first kappa shape index (κ1) is 45.3. The van der Waals surface area contributed by atoms with E-state index < -0.39 is 23.8 Å². The second kappa shape index (κ2) is 18.6. The van der Waals surface area contributed by atoms with Gasteiger partial charge < -0.3 is 50.1 Å². The summed E-state index contributed by atoms with van der Waals surface area (Å²) in [6.07, 6.45) is 14.5.